The van der Waals surface area contributed by atoms with Gasteiger partial charge in [-0.3, -0.25) is 0 Å². The molecule has 1 aliphatic heterocycles. The van der Waals surface area contributed by atoms with E-state index in [1.165, 1.54) is 5.56 Å². The fourth-order valence-electron chi connectivity index (χ4n) is 1.91. The monoisotopic (exact) mass is 200 g/mol. The van der Waals surface area contributed by atoms with Crippen LogP contribution < -0.4 is 0 Å². The van der Waals surface area contributed by atoms with E-state index in [9.17, 15) is 0 Å². The molecule has 2 heteroatoms. The minimum absolute atomic E-state index is 0.0152. The van der Waals surface area contributed by atoms with Crippen molar-refractivity contribution in [3.05, 3.63) is 35.9 Å². The summed E-state index contributed by atoms with van der Waals surface area (Å²) in [6.07, 6.45) is 1.04. The van der Waals surface area contributed by atoms with Gasteiger partial charge in [0.1, 0.15) is 0 Å². The molecule has 1 aromatic carbocycles. The number of hydrogen-bond donors (Lipinski definition) is 0. The van der Waals surface area contributed by atoms with E-state index in [-0.39, 0.29) is 5.41 Å². The molecule has 0 bridgehead atoms. The van der Waals surface area contributed by atoms with Crippen molar-refractivity contribution in [3.63, 3.8) is 0 Å². The first kappa shape index (κ1) is 10.1. The molecular weight excluding hydrogens is 184 g/mol. The Bertz CT molecular complexity index is 417. The van der Waals surface area contributed by atoms with Gasteiger partial charge in [-0.05, 0) is 25.8 Å². The average molecular weight is 200 g/mol. The third-order valence-electron chi connectivity index (χ3n) is 3.38. The standard InChI is InChI=1S/C13H16N2/c1-4-13(3)10(2)14-15-12(13)11-8-6-5-7-9-11/h5-9H,4H2,1-3H3. The van der Waals surface area contributed by atoms with Crippen molar-refractivity contribution in [2.75, 3.05) is 0 Å². The highest BCUT2D eigenvalue weighted by molar-refractivity contribution is 6.20. The average Bonchev–Trinajstić information content (AvgIpc) is 2.58. The maximum Gasteiger partial charge on any atom is 0.0818 e. The second-order valence-electron chi connectivity index (χ2n) is 4.19. The quantitative estimate of drug-likeness (QED) is 0.700. The van der Waals surface area contributed by atoms with Crippen molar-refractivity contribution < 1.29 is 0 Å². The fourth-order valence-corrected chi connectivity index (χ4v) is 1.91. The van der Waals surface area contributed by atoms with Gasteiger partial charge in [-0.2, -0.15) is 10.2 Å². The minimum Gasteiger partial charge on any atom is -0.159 e. The molecule has 0 aliphatic carbocycles. The van der Waals surface area contributed by atoms with Gasteiger partial charge >= 0.3 is 0 Å². The summed E-state index contributed by atoms with van der Waals surface area (Å²) in [6, 6.07) is 10.3. The molecule has 0 radical (unpaired) electrons. The number of benzene rings is 1. The van der Waals surface area contributed by atoms with Crippen molar-refractivity contribution in [2.45, 2.75) is 27.2 Å². The van der Waals surface area contributed by atoms with E-state index in [2.05, 4.69) is 43.1 Å². The SMILES string of the molecule is CCC1(C)C(C)=NN=C1c1ccccc1. The summed E-state index contributed by atoms with van der Waals surface area (Å²) in [7, 11) is 0. The van der Waals surface area contributed by atoms with Crippen molar-refractivity contribution in [3.8, 4) is 0 Å². The summed E-state index contributed by atoms with van der Waals surface area (Å²) in [6.45, 7) is 6.45. The Morgan fingerprint density at radius 1 is 1.13 bits per heavy atom. The molecule has 78 valence electrons. The largest absolute Gasteiger partial charge is 0.159 e. The van der Waals surface area contributed by atoms with Crippen LogP contribution >= 0.6 is 0 Å². The van der Waals surface area contributed by atoms with E-state index in [0.717, 1.165) is 17.8 Å². The molecule has 1 atom stereocenters. The molecule has 0 amide bonds. The predicted molar refractivity (Wildman–Crippen MR) is 64.5 cm³/mol. The van der Waals surface area contributed by atoms with E-state index in [4.69, 9.17) is 0 Å². The molecule has 0 spiro atoms. The lowest BCUT2D eigenvalue weighted by Gasteiger charge is -2.24. The smallest absolute Gasteiger partial charge is 0.0818 e. The summed E-state index contributed by atoms with van der Waals surface area (Å²) < 4.78 is 0. The molecule has 2 rings (SSSR count). The Hall–Kier alpha value is -1.44. The number of nitrogens with zero attached hydrogens (tertiary/aromatic N) is 2. The lowest BCUT2D eigenvalue weighted by atomic mass is 9.76. The van der Waals surface area contributed by atoms with Gasteiger partial charge in [0, 0.05) is 5.71 Å². The van der Waals surface area contributed by atoms with Crippen LogP contribution in [0.5, 0.6) is 0 Å². The fraction of sp³-hybridized carbons (Fsp3) is 0.385. The highest BCUT2D eigenvalue weighted by Crippen LogP contribution is 2.33. The van der Waals surface area contributed by atoms with Gasteiger partial charge in [0.05, 0.1) is 11.1 Å². The topological polar surface area (TPSA) is 24.7 Å². The summed E-state index contributed by atoms with van der Waals surface area (Å²) in [4.78, 5) is 0. The second-order valence-corrected chi connectivity index (χ2v) is 4.19. The summed E-state index contributed by atoms with van der Waals surface area (Å²) in [5.41, 5.74) is 3.41. The molecule has 1 aliphatic rings. The molecule has 0 aromatic heterocycles. The van der Waals surface area contributed by atoms with Crippen LogP contribution in [0, 0.1) is 5.41 Å². The van der Waals surface area contributed by atoms with Crippen molar-refractivity contribution in [1.29, 1.82) is 0 Å². The Balaban J connectivity index is 2.42. The highest BCUT2D eigenvalue weighted by atomic mass is 15.2. The van der Waals surface area contributed by atoms with Crippen LogP contribution in [-0.2, 0) is 0 Å². The van der Waals surface area contributed by atoms with Crippen LogP contribution in [0.3, 0.4) is 0 Å². The van der Waals surface area contributed by atoms with Crippen LogP contribution in [0.4, 0.5) is 0 Å². The van der Waals surface area contributed by atoms with Crippen molar-refractivity contribution >= 4 is 11.4 Å². The van der Waals surface area contributed by atoms with E-state index < -0.39 is 0 Å². The molecule has 1 aromatic rings. The molecule has 0 fully saturated rings. The molecule has 0 saturated heterocycles. The maximum absolute atomic E-state index is 4.32. The summed E-state index contributed by atoms with van der Waals surface area (Å²) >= 11 is 0. The maximum atomic E-state index is 4.32. The Labute approximate surface area is 90.7 Å². The van der Waals surface area contributed by atoms with E-state index >= 15 is 0 Å². The zero-order valence-electron chi connectivity index (χ0n) is 9.49. The molecule has 0 N–H and O–H groups in total. The minimum atomic E-state index is 0.0152. The van der Waals surface area contributed by atoms with Crippen molar-refractivity contribution in [2.24, 2.45) is 15.6 Å². The predicted octanol–water partition coefficient (Wildman–Crippen LogP) is 3.28. The van der Waals surface area contributed by atoms with Crippen LogP contribution in [0.2, 0.25) is 0 Å². The van der Waals surface area contributed by atoms with Crippen LogP contribution in [0.25, 0.3) is 0 Å². The van der Waals surface area contributed by atoms with Gasteiger partial charge in [-0.25, -0.2) is 0 Å². The first-order valence-electron chi connectivity index (χ1n) is 5.37. The molecule has 15 heavy (non-hydrogen) atoms. The Morgan fingerprint density at radius 2 is 1.80 bits per heavy atom. The molecule has 0 saturated carbocycles. The Morgan fingerprint density at radius 3 is 2.40 bits per heavy atom. The lowest BCUT2D eigenvalue weighted by Crippen LogP contribution is -2.31. The third-order valence-corrected chi connectivity index (χ3v) is 3.38. The Kier molecular flexibility index (Phi) is 2.43. The molecule has 2 nitrogen and oxygen atoms in total. The van der Waals surface area contributed by atoms with Gasteiger partial charge in [0.15, 0.2) is 0 Å². The molecular formula is C13H16N2. The lowest BCUT2D eigenvalue weighted by molar-refractivity contribution is 0.624. The summed E-state index contributed by atoms with van der Waals surface area (Å²) in [5, 5.41) is 8.54. The number of hydrogen-bond acceptors (Lipinski definition) is 2. The van der Waals surface area contributed by atoms with Crippen LogP contribution in [0.15, 0.2) is 40.5 Å². The zero-order chi connectivity index (χ0) is 10.9. The highest BCUT2D eigenvalue weighted by Gasteiger charge is 2.36. The van der Waals surface area contributed by atoms with Crippen LogP contribution in [-0.4, -0.2) is 11.4 Å². The van der Waals surface area contributed by atoms with Gasteiger partial charge in [-0.15, -0.1) is 0 Å². The van der Waals surface area contributed by atoms with Gasteiger partial charge in [0.2, 0.25) is 0 Å². The van der Waals surface area contributed by atoms with Gasteiger partial charge < -0.3 is 0 Å². The first-order valence-corrected chi connectivity index (χ1v) is 5.37. The van der Waals surface area contributed by atoms with E-state index in [0.29, 0.717) is 0 Å². The zero-order valence-corrected chi connectivity index (χ0v) is 9.49. The molecule has 1 heterocycles. The van der Waals surface area contributed by atoms with Gasteiger partial charge in [0.25, 0.3) is 0 Å². The van der Waals surface area contributed by atoms with Gasteiger partial charge in [-0.1, -0.05) is 37.3 Å². The third kappa shape index (κ3) is 1.50. The van der Waals surface area contributed by atoms with Crippen molar-refractivity contribution in [1.82, 2.24) is 0 Å². The second kappa shape index (κ2) is 3.61. The summed E-state index contributed by atoms with van der Waals surface area (Å²) in [5.74, 6) is 0. The van der Waals surface area contributed by atoms with E-state index in [1.54, 1.807) is 0 Å². The van der Waals surface area contributed by atoms with Crippen LogP contribution in [0.1, 0.15) is 32.8 Å². The van der Waals surface area contributed by atoms with E-state index in [1.807, 2.05) is 18.2 Å². The normalized spacial score (nSPS) is 25.0. The first-order chi connectivity index (χ1) is 7.18. The molecule has 1 unspecified atom stereocenters. The number of rotatable bonds is 2.